The van der Waals surface area contributed by atoms with Crippen LogP contribution in [0.3, 0.4) is 0 Å². The smallest absolute Gasteiger partial charge is 0.408 e. The van der Waals surface area contributed by atoms with Crippen LogP contribution in [0.1, 0.15) is 0 Å². The van der Waals surface area contributed by atoms with E-state index in [9.17, 15) is 4.79 Å². The van der Waals surface area contributed by atoms with Gasteiger partial charge in [-0.05, 0) is 18.2 Å². The summed E-state index contributed by atoms with van der Waals surface area (Å²) in [5.41, 5.74) is 2.27. The van der Waals surface area contributed by atoms with Crippen LogP contribution in [-0.4, -0.2) is 17.9 Å². The molecule has 0 aliphatic carbocycles. The maximum absolute atomic E-state index is 10.9. The zero-order chi connectivity index (χ0) is 10.1. The lowest BCUT2D eigenvalue weighted by atomic mass is 10.3. The van der Waals surface area contributed by atoms with Gasteiger partial charge in [-0.25, -0.2) is 4.79 Å². The van der Waals surface area contributed by atoms with Crippen LogP contribution in [0.4, 0.5) is 5.69 Å². The molecule has 2 rings (SSSR count). The fourth-order valence-corrected chi connectivity index (χ4v) is 1.42. The second-order valence-electron chi connectivity index (χ2n) is 3.03. The first-order valence-electron chi connectivity index (χ1n) is 4.15. The Kier molecular flexibility index (Phi) is 2.25. The molecule has 0 saturated heterocycles. The van der Waals surface area contributed by atoms with E-state index in [1.807, 2.05) is 24.1 Å². The number of H-pyrrole nitrogens is 1. The predicted octanol–water partition coefficient (Wildman–Crippen LogP) is 1.44. The molecule has 0 radical (unpaired) electrons. The Morgan fingerprint density at radius 3 is 3.07 bits per heavy atom. The first-order chi connectivity index (χ1) is 6.70. The fraction of sp³-hybridized carbons (Fsp3) is 0.222. The molecule has 0 unspecified atom stereocenters. The number of nitrogens with one attached hydrogen (secondary N) is 1. The van der Waals surface area contributed by atoms with Crippen molar-refractivity contribution in [3.8, 4) is 0 Å². The average Bonchev–Trinajstić information content (AvgIpc) is 2.55. The second-order valence-corrected chi connectivity index (χ2v) is 3.32. The highest BCUT2D eigenvalue weighted by Crippen LogP contribution is 2.18. The van der Waals surface area contributed by atoms with Crippen LogP contribution in [0.2, 0.25) is 0 Å². The molecule has 1 aromatic heterocycles. The van der Waals surface area contributed by atoms with Crippen molar-refractivity contribution in [3.05, 3.63) is 28.7 Å². The van der Waals surface area contributed by atoms with E-state index in [1.165, 1.54) is 0 Å². The maximum Gasteiger partial charge on any atom is 0.417 e. The van der Waals surface area contributed by atoms with Crippen LogP contribution in [0.5, 0.6) is 0 Å². The highest BCUT2D eigenvalue weighted by atomic mass is 32.1. The maximum atomic E-state index is 10.9. The normalized spacial score (nSPS) is 10.7. The third-order valence-corrected chi connectivity index (χ3v) is 2.48. The summed E-state index contributed by atoms with van der Waals surface area (Å²) in [4.78, 5) is 15.4. The van der Waals surface area contributed by atoms with Crippen molar-refractivity contribution in [1.29, 1.82) is 0 Å². The minimum atomic E-state index is -0.425. The van der Waals surface area contributed by atoms with Gasteiger partial charge in [0.15, 0.2) is 5.58 Å². The molecule has 0 amide bonds. The van der Waals surface area contributed by atoms with Crippen molar-refractivity contribution < 1.29 is 4.42 Å². The standard InChI is InChI=1S/C9H10N2O2S/c1-11(5-14)6-2-3-8-7(4-6)10-9(12)13-8/h2-4,14H,5H2,1H3,(H,10,12). The molecule has 4 nitrogen and oxygen atoms in total. The lowest BCUT2D eigenvalue weighted by Gasteiger charge is -2.15. The number of hydrogen-bond acceptors (Lipinski definition) is 4. The number of anilines is 1. The molecule has 5 heteroatoms. The van der Waals surface area contributed by atoms with Gasteiger partial charge in [0.05, 0.1) is 11.4 Å². The first-order valence-corrected chi connectivity index (χ1v) is 4.79. The predicted molar refractivity (Wildman–Crippen MR) is 59.1 cm³/mol. The summed E-state index contributed by atoms with van der Waals surface area (Å²) in [6.45, 7) is 0. The second kappa shape index (κ2) is 3.42. The van der Waals surface area contributed by atoms with Gasteiger partial charge in [-0.3, -0.25) is 4.98 Å². The van der Waals surface area contributed by atoms with Crippen molar-refractivity contribution in [1.82, 2.24) is 4.98 Å². The van der Waals surface area contributed by atoms with Gasteiger partial charge in [0.1, 0.15) is 0 Å². The van der Waals surface area contributed by atoms with Gasteiger partial charge in [-0.1, -0.05) is 0 Å². The molecule has 0 bridgehead atoms. The number of nitrogens with zero attached hydrogens (tertiary/aromatic N) is 1. The molecule has 0 spiro atoms. The van der Waals surface area contributed by atoms with E-state index in [0.29, 0.717) is 17.0 Å². The van der Waals surface area contributed by atoms with Gasteiger partial charge in [-0.15, -0.1) is 0 Å². The summed E-state index contributed by atoms with van der Waals surface area (Å²) in [7, 11) is 1.92. The van der Waals surface area contributed by atoms with Crippen LogP contribution in [0.25, 0.3) is 11.1 Å². The Morgan fingerprint density at radius 2 is 2.36 bits per heavy atom. The SMILES string of the molecule is CN(CS)c1ccc2oc(=O)[nH]c2c1. The molecule has 0 atom stereocenters. The molecule has 0 saturated carbocycles. The number of fused-ring (bicyclic) bond motifs is 1. The van der Waals surface area contributed by atoms with Crippen molar-refractivity contribution in [2.45, 2.75) is 0 Å². The van der Waals surface area contributed by atoms with E-state index >= 15 is 0 Å². The molecule has 0 fully saturated rings. The van der Waals surface area contributed by atoms with Gasteiger partial charge < -0.3 is 9.32 Å². The van der Waals surface area contributed by atoms with Crippen molar-refractivity contribution >= 4 is 29.4 Å². The molecule has 2 aromatic rings. The number of aromatic nitrogens is 1. The minimum absolute atomic E-state index is 0.425. The van der Waals surface area contributed by atoms with Gasteiger partial charge in [-0.2, -0.15) is 12.6 Å². The first kappa shape index (κ1) is 9.21. The Hall–Kier alpha value is -1.36. The number of rotatable bonds is 2. The van der Waals surface area contributed by atoms with Crippen molar-refractivity contribution in [2.75, 3.05) is 17.8 Å². The third-order valence-electron chi connectivity index (χ3n) is 2.06. The lowest BCUT2D eigenvalue weighted by molar-refractivity contribution is 0.555. The number of aromatic amines is 1. The zero-order valence-corrected chi connectivity index (χ0v) is 8.54. The van der Waals surface area contributed by atoms with E-state index < -0.39 is 5.76 Å². The third kappa shape index (κ3) is 1.50. The molecule has 0 aliphatic heterocycles. The molecule has 0 aliphatic rings. The zero-order valence-electron chi connectivity index (χ0n) is 7.65. The Balaban J connectivity index is 2.55. The lowest BCUT2D eigenvalue weighted by Crippen LogP contribution is -2.13. The Labute approximate surface area is 85.9 Å². The van der Waals surface area contributed by atoms with Crippen molar-refractivity contribution in [2.24, 2.45) is 0 Å². The molecular weight excluding hydrogens is 200 g/mol. The number of oxazole rings is 1. The summed E-state index contributed by atoms with van der Waals surface area (Å²) >= 11 is 4.16. The summed E-state index contributed by atoms with van der Waals surface area (Å²) in [6.07, 6.45) is 0. The molecule has 74 valence electrons. The van der Waals surface area contributed by atoms with E-state index in [2.05, 4.69) is 17.6 Å². The van der Waals surface area contributed by atoms with E-state index in [4.69, 9.17) is 4.42 Å². The summed E-state index contributed by atoms with van der Waals surface area (Å²) in [5, 5.41) is 0. The fourth-order valence-electron chi connectivity index (χ4n) is 1.26. The van der Waals surface area contributed by atoms with E-state index in [0.717, 1.165) is 5.69 Å². The summed E-state index contributed by atoms with van der Waals surface area (Å²) < 4.78 is 4.89. The van der Waals surface area contributed by atoms with E-state index in [1.54, 1.807) is 6.07 Å². The minimum Gasteiger partial charge on any atom is -0.408 e. The monoisotopic (exact) mass is 210 g/mol. The van der Waals surface area contributed by atoms with Crippen molar-refractivity contribution in [3.63, 3.8) is 0 Å². The highest BCUT2D eigenvalue weighted by Gasteiger charge is 2.03. The largest absolute Gasteiger partial charge is 0.417 e. The number of hydrogen-bond donors (Lipinski definition) is 2. The van der Waals surface area contributed by atoms with Gasteiger partial charge in [0, 0.05) is 12.7 Å². The van der Waals surface area contributed by atoms with Crippen LogP contribution >= 0.6 is 12.6 Å². The van der Waals surface area contributed by atoms with Gasteiger partial charge >= 0.3 is 5.76 Å². The Morgan fingerprint density at radius 1 is 1.57 bits per heavy atom. The average molecular weight is 210 g/mol. The van der Waals surface area contributed by atoms with Gasteiger partial charge in [0.2, 0.25) is 0 Å². The van der Waals surface area contributed by atoms with Gasteiger partial charge in [0.25, 0.3) is 0 Å². The molecule has 1 aromatic carbocycles. The Bertz CT molecular complexity index is 503. The summed E-state index contributed by atoms with van der Waals surface area (Å²) in [5.74, 6) is 0.193. The van der Waals surface area contributed by atoms with Crippen LogP contribution in [0, 0.1) is 0 Å². The molecular formula is C9H10N2O2S. The number of thiol groups is 1. The van der Waals surface area contributed by atoms with Crippen LogP contribution < -0.4 is 10.7 Å². The van der Waals surface area contributed by atoms with Crippen LogP contribution in [-0.2, 0) is 0 Å². The van der Waals surface area contributed by atoms with E-state index in [-0.39, 0.29) is 0 Å². The van der Waals surface area contributed by atoms with Crippen LogP contribution in [0.15, 0.2) is 27.4 Å². The highest BCUT2D eigenvalue weighted by molar-refractivity contribution is 7.80. The topological polar surface area (TPSA) is 49.2 Å². The molecule has 1 heterocycles. The molecule has 14 heavy (non-hydrogen) atoms. The number of benzene rings is 1. The molecule has 1 N–H and O–H groups in total. The quantitative estimate of drug-likeness (QED) is 0.582. The summed E-state index contributed by atoms with van der Waals surface area (Å²) in [6, 6.07) is 5.51.